The molecule has 0 saturated carbocycles. The van der Waals surface area contributed by atoms with Crippen LogP contribution in [0.5, 0.6) is 0 Å². The van der Waals surface area contributed by atoms with Crippen molar-refractivity contribution >= 4 is 51.5 Å². The highest BCUT2D eigenvalue weighted by atomic mass is 35.5. The van der Waals surface area contributed by atoms with Gasteiger partial charge in [0.15, 0.2) is 5.69 Å². The first-order valence-corrected chi connectivity index (χ1v) is 13.4. The molecule has 0 aliphatic heterocycles. The van der Waals surface area contributed by atoms with E-state index in [0.717, 1.165) is 11.1 Å². The predicted molar refractivity (Wildman–Crippen MR) is 142 cm³/mol. The van der Waals surface area contributed by atoms with E-state index in [1.807, 2.05) is 6.07 Å². The van der Waals surface area contributed by atoms with Gasteiger partial charge in [-0.1, -0.05) is 29.3 Å². The number of hydrogen-bond acceptors (Lipinski definition) is 4. The number of fused-ring (bicyclic) bond motifs is 3. The fourth-order valence-corrected chi connectivity index (χ4v) is 5.92. The van der Waals surface area contributed by atoms with E-state index in [1.54, 1.807) is 28.9 Å². The number of nitrogens with two attached hydrogens (primary N) is 1. The van der Waals surface area contributed by atoms with Gasteiger partial charge in [0.1, 0.15) is 5.82 Å². The Morgan fingerprint density at radius 2 is 1.81 bits per heavy atom. The second-order valence-electron chi connectivity index (χ2n) is 8.44. The average molecular weight is 557 g/mol. The topological polar surface area (TPSA) is 107 Å². The summed E-state index contributed by atoms with van der Waals surface area (Å²) in [5, 5.41) is 7.39. The van der Waals surface area contributed by atoms with Crippen LogP contribution in [0.3, 0.4) is 0 Å². The number of hydrogen-bond donors (Lipinski definition) is 2. The Morgan fingerprint density at radius 1 is 1.08 bits per heavy atom. The van der Waals surface area contributed by atoms with E-state index < -0.39 is 28.4 Å². The van der Waals surface area contributed by atoms with Gasteiger partial charge < -0.3 is 11.1 Å². The molecule has 37 heavy (non-hydrogen) atoms. The quantitative estimate of drug-likeness (QED) is 0.353. The molecule has 1 heterocycles. The van der Waals surface area contributed by atoms with E-state index in [-0.39, 0.29) is 21.3 Å². The standard InChI is InChI=1S/C26H19Cl2FN4O3S/c1-37(36)20-11-10-19(27)21(22(20)28)26(35)31-15-6-2-13-3-9-17-23(25(30)34)32-33(24(17)18(13)12-15)16-7-4-14(29)5-8-16/h2,4-8,10-12H,3,9H2,1H3,(H2,30,34)(H,31,35). The van der Waals surface area contributed by atoms with Gasteiger partial charge in [0.05, 0.1) is 42.7 Å². The molecule has 0 fully saturated rings. The van der Waals surface area contributed by atoms with Crippen molar-refractivity contribution in [1.82, 2.24) is 9.78 Å². The summed E-state index contributed by atoms with van der Waals surface area (Å²) in [6.07, 6.45) is 2.64. The first kappa shape index (κ1) is 25.1. The van der Waals surface area contributed by atoms with Crippen molar-refractivity contribution in [2.45, 2.75) is 17.7 Å². The summed E-state index contributed by atoms with van der Waals surface area (Å²) in [4.78, 5) is 25.6. The summed E-state index contributed by atoms with van der Waals surface area (Å²) >= 11 is 12.6. The SMILES string of the molecule is CS(=O)c1ccc(Cl)c(C(=O)Nc2ccc3c(c2)-c2c(c(C(N)=O)nn2-c2ccc(F)cc2)CC3)c1Cl. The fourth-order valence-electron chi connectivity index (χ4n) is 4.44. The molecule has 3 N–H and O–H groups in total. The van der Waals surface area contributed by atoms with Crippen molar-refractivity contribution in [2.75, 3.05) is 11.6 Å². The highest BCUT2D eigenvalue weighted by Crippen LogP contribution is 2.39. The molecule has 2 amide bonds. The summed E-state index contributed by atoms with van der Waals surface area (Å²) in [6.45, 7) is 0. The van der Waals surface area contributed by atoms with Crippen molar-refractivity contribution < 1.29 is 18.2 Å². The van der Waals surface area contributed by atoms with Gasteiger partial charge in [0.2, 0.25) is 0 Å². The Kier molecular flexibility index (Phi) is 6.61. The average Bonchev–Trinajstić information content (AvgIpc) is 3.25. The maximum atomic E-state index is 13.6. The number of nitrogens with one attached hydrogen (secondary N) is 1. The highest BCUT2D eigenvalue weighted by molar-refractivity contribution is 7.84. The lowest BCUT2D eigenvalue weighted by atomic mass is 9.88. The summed E-state index contributed by atoms with van der Waals surface area (Å²) < 4.78 is 27.1. The van der Waals surface area contributed by atoms with Gasteiger partial charge in [-0.05, 0) is 66.9 Å². The Labute approximate surface area is 223 Å². The molecule has 0 radical (unpaired) electrons. The van der Waals surface area contributed by atoms with Crippen LogP contribution in [0, 0.1) is 5.82 Å². The van der Waals surface area contributed by atoms with Crippen molar-refractivity contribution in [3.05, 3.63) is 92.8 Å². The number of halogens is 3. The number of carbonyl (C=O) groups is 2. The molecule has 0 spiro atoms. The maximum Gasteiger partial charge on any atom is 0.269 e. The monoisotopic (exact) mass is 556 g/mol. The highest BCUT2D eigenvalue weighted by Gasteiger charge is 2.29. The number of nitrogens with zero attached hydrogens (tertiary/aromatic N) is 2. The number of carbonyl (C=O) groups excluding carboxylic acids is 2. The van der Waals surface area contributed by atoms with Gasteiger partial charge >= 0.3 is 0 Å². The number of benzene rings is 3. The van der Waals surface area contributed by atoms with E-state index in [4.69, 9.17) is 28.9 Å². The summed E-state index contributed by atoms with van der Waals surface area (Å²) in [5.74, 6) is -1.63. The molecule has 0 saturated heterocycles. The minimum absolute atomic E-state index is 0.0156. The molecule has 1 aliphatic rings. The molecule has 188 valence electrons. The van der Waals surface area contributed by atoms with Crippen LogP contribution in [0.2, 0.25) is 10.0 Å². The van der Waals surface area contributed by atoms with Crippen molar-refractivity contribution in [1.29, 1.82) is 0 Å². The van der Waals surface area contributed by atoms with Gasteiger partial charge in [0.25, 0.3) is 11.8 Å². The first-order chi connectivity index (χ1) is 17.7. The van der Waals surface area contributed by atoms with Gasteiger partial charge in [-0.3, -0.25) is 13.8 Å². The van der Waals surface area contributed by atoms with Crippen LogP contribution in [-0.2, 0) is 23.6 Å². The van der Waals surface area contributed by atoms with Crippen LogP contribution in [0.4, 0.5) is 10.1 Å². The van der Waals surface area contributed by atoms with Crippen molar-refractivity contribution in [3.8, 4) is 16.9 Å². The third kappa shape index (κ3) is 4.54. The molecule has 5 rings (SSSR count). The molecule has 7 nitrogen and oxygen atoms in total. The van der Waals surface area contributed by atoms with E-state index in [2.05, 4.69) is 10.4 Å². The molecule has 11 heteroatoms. The smallest absolute Gasteiger partial charge is 0.269 e. The predicted octanol–water partition coefficient (Wildman–Crippen LogP) is 5.17. The number of aromatic nitrogens is 2. The second kappa shape index (κ2) is 9.74. The second-order valence-corrected chi connectivity index (χ2v) is 10.6. The van der Waals surface area contributed by atoms with E-state index >= 15 is 0 Å². The van der Waals surface area contributed by atoms with Crippen LogP contribution in [-0.4, -0.2) is 32.1 Å². The van der Waals surface area contributed by atoms with E-state index in [0.29, 0.717) is 40.4 Å². The Bertz CT molecular complexity index is 1620. The number of anilines is 1. The number of rotatable bonds is 5. The molecule has 3 aromatic carbocycles. The molecule has 0 bridgehead atoms. The van der Waals surface area contributed by atoms with Crippen LogP contribution >= 0.6 is 23.2 Å². The van der Waals surface area contributed by atoms with Crippen LogP contribution < -0.4 is 11.1 Å². The zero-order chi connectivity index (χ0) is 26.4. The van der Waals surface area contributed by atoms with Crippen molar-refractivity contribution in [3.63, 3.8) is 0 Å². The van der Waals surface area contributed by atoms with Crippen LogP contribution in [0.15, 0.2) is 59.5 Å². The molecule has 4 aromatic rings. The normalized spacial score (nSPS) is 13.0. The third-order valence-corrected chi connectivity index (χ3v) is 7.93. The lowest BCUT2D eigenvalue weighted by molar-refractivity contribution is 0.0992. The minimum Gasteiger partial charge on any atom is -0.364 e. The molecule has 1 atom stereocenters. The minimum atomic E-state index is -1.41. The van der Waals surface area contributed by atoms with E-state index in [9.17, 15) is 18.2 Å². The molecular weight excluding hydrogens is 538 g/mol. The number of amides is 2. The van der Waals surface area contributed by atoms with Gasteiger partial charge in [0, 0.05) is 23.1 Å². The lowest BCUT2D eigenvalue weighted by Crippen LogP contribution is -2.16. The molecule has 1 aliphatic carbocycles. The number of primary amides is 1. The van der Waals surface area contributed by atoms with Crippen LogP contribution in [0.25, 0.3) is 16.9 Å². The van der Waals surface area contributed by atoms with E-state index in [1.165, 1.54) is 30.5 Å². The largest absolute Gasteiger partial charge is 0.364 e. The summed E-state index contributed by atoms with van der Waals surface area (Å²) in [7, 11) is -1.41. The molecular formula is C26H19Cl2FN4O3S. The Balaban J connectivity index is 1.59. The lowest BCUT2D eigenvalue weighted by Gasteiger charge is -2.20. The fraction of sp³-hybridized carbons (Fsp3) is 0.115. The third-order valence-electron chi connectivity index (χ3n) is 6.15. The summed E-state index contributed by atoms with van der Waals surface area (Å²) in [5.41, 5.74) is 9.80. The van der Waals surface area contributed by atoms with Crippen molar-refractivity contribution in [2.24, 2.45) is 5.73 Å². The Morgan fingerprint density at radius 3 is 2.49 bits per heavy atom. The van der Waals surface area contributed by atoms with Gasteiger partial charge in [-0.25, -0.2) is 9.07 Å². The Hall–Kier alpha value is -3.53. The summed E-state index contributed by atoms with van der Waals surface area (Å²) in [6, 6.07) is 14.1. The first-order valence-electron chi connectivity index (χ1n) is 11.1. The molecule has 1 unspecified atom stereocenters. The number of aryl methyl sites for hydroxylation is 1. The zero-order valence-electron chi connectivity index (χ0n) is 19.3. The van der Waals surface area contributed by atoms with Crippen LogP contribution in [0.1, 0.15) is 32.0 Å². The van der Waals surface area contributed by atoms with Gasteiger partial charge in [-0.15, -0.1) is 0 Å². The zero-order valence-corrected chi connectivity index (χ0v) is 21.7. The maximum absolute atomic E-state index is 13.6. The van der Waals surface area contributed by atoms with Gasteiger partial charge in [-0.2, -0.15) is 5.10 Å². The molecule has 1 aromatic heterocycles.